The molecule has 0 atom stereocenters. The van der Waals surface area contributed by atoms with Crippen LogP contribution in [-0.4, -0.2) is 26.8 Å². The summed E-state index contributed by atoms with van der Waals surface area (Å²) in [4.78, 5) is 17.7. The Bertz CT molecular complexity index is 1170. The molecule has 6 nitrogen and oxygen atoms in total. The Morgan fingerprint density at radius 2 is 1.97 bits per heavy atom. The maximum atomic E-state index is 13.8. The van der Waals surface area contributed by atoms with Gasteiger partial charge in [0.1, 0.15) is 5.82 Å². The molecule has 2 aromatic carbocycles. The molecule has 0 spiro atoms. The number of nitrogens with one attached hydrogen (secondary N) is 1. The molecule has 8 heteroatoms. The summed E-state index contributed by atoms with van der Waals surface area (Å²) < 4.78 is 21.0. The highest BCUT2D eigenvalue weighted by Gasteiger charge is 2.16. The van der Waals surface area contributed by atoms with Crippen molar-refractivity contribution in [2.45, 2.75) is 26.4 Å². The summed E-state index contributed by atoms with van der Waals surface area (Å²) in [6.07, 6.45) is 0.236. The van der Waals surface area contributed by atoms with Gasteiger partial charge in [0, 0.05) is 16.1 Å². The van der Waals surface area contributed by atoms with Crippen LogP contribution in [0.4, 0.5) is 10.1 Å². The SMILES string of the molecule is CC(C)Oc1nc(-c2cccc(F)c2)n(-c2ccc(NC(=O)Cc3cccs3)cc2)n1. The summed E-state index contributed by atoms with van der Waals surface area (Å²) in [7, 11) is 0. The van der Waals surface area contributed by atoms with Crippen molar-refractivity contribution < 1.29 is 13.9 Å². The summed E-state index contributed by atoms with van der Waals surface area (Å²) in [5.41, 5.74) is 1.97. The van der Waals surface area contributed by atoms with E-state index < -0.39 is 0 Å². The van der Waals surface area contributed by atoms with Crippen molar-refractivity contribution in [2.24, 2.45) is 0 Å². The second-order valence-electron chi connectivity index (χ2n) is 7.16. The molecule has 0 aliphatic carbocycles. The number of rotatable bonds is 7. The molecule has 0 saturated heterocycles. The number of benzene rings is 2. The van der Waals surface area contributed by atoms with Crippen LogP contribution < -0.4 is 10.1 Å². The molecule has 4 rings (SSSR count). The second kappa shape index (κ2) is 9.09. The maximum absolute atomic E-state index is 13.8. The summed E-state index contributed by atoms with van der Waals surface area (Å²) in [5, 5.41) is 9.28. The highest BCUT2D eigenvalue weighted by Crippen LogP contribution is 2.25. The minimum Gasteiger partial charge on any atom is -0.460 e. The van der Waals surface area contributed by atoms with Gasteiger partial charge in [0.15, 0.2) is 5.82 Å². The summed E-state index contributed by atoms with van der Waals surface area (Å²) >= 11 is 1.55. The van der Waals surface area contributed by atoms with Crippen LogP contribution >= 0.6 is 11.3 Å². The lowest BCUT2D eigenvalue weighted by atomic mass is 10.2. The van der Waals surface area contributed by atoms with Gasteiger partial charge in [0.25, 0.3) is 0 Å². The average Bonchev–Trinajstić information content (AvgIpc) is 3.38. The molecule has 0 aliphatic heterocycles. The Morgan fingerprint density at radius 1 is 1.16 bits per heavy atom. The third-order valence-corrected chi connectivity index (χ3v) is 5.20. The molecule has 0 bridgehead atoms. The topological polar surface area (TPSA) is 69.0 Å². The lowest BCUT2D eigenvalue weighted by molar-refractivity contribution is -0.115. The summed E-state index contributed by atoms with van der Waals surface area (Å²) in [5.74, 6) is 0.0239. The first-order valence-corrected chi connectivity index (χ1v) is 10.7. The van der Waals surface area contributed by atoms with Crippen molar-refractivity contribution in [1.82, 2.24) is 14.8 Å². The first-order valence-electron chi connectivity index (χ1n) is 9.80. The van der Waals surface area contributed by atoms with Crippen LogP contribution in [0.15, 0.2) is 66.0 Å². The molecular formula is C23H21FN4O2S. The van der Waals surface area contributed by atoms with Gasteiger partial charge in [-0.2, -0.15) is 4.98 Å². The highest BCUT2D eigenvalue weighted by molar-refractivity contribution is 7.10. The standard InChI is InChI=1S/C23H21FN4O2S/c1-15(2)30-23-26-22(16-5-3-6-17(24)13-16)28(27-23)19-10-8-18(9-11-19)25-21(29)14-20-7-4-12-31-20/h3-13,15H,14H2,1-2H3,(H,25,29). The molecule has 2 heterocycles. The number of aromatic nitrogens is 3. The van der Waals surface area contributed by atoms with Gasteiger partial charge in [0.2, 0.25) is 5.91 Å². The molecule has 2 aromatic heterocycles. The van der Waals surface area contributed by atoms with E-state index in [1.165, 1.54) is 12.1 Å². The van der Waals surface area contributed by atoms with E-state index in [-0.39, 0.29) is 23.8 Å². The molecule has 1 amide bonds. The zero-order valence-corrected chi connectivity index (χ0v) is 17.9. The van der Waals surface area contributed by atoms with Crippen LogP contribution in [0.2, 0.25) is 0 Å². The number of carbonyl (C=O) groups is 1. The second-order valence-corrected chi connectivity index (χ2v) is 8.19. The Labute approximate surface area is 183 Å². The highest BCUT2D eigenvalue weighted by atomic mass is 32.1. The van der Waals surface area contributed by atoms with Crippen molar-refractivity contribution in [1.29, 1.82) is 0 Å². The van der Waals surface area contributed by atoms with E-state index in [0.717, 1.165) is 4.88 Å². The lowest BCUT2D eigenvalue weighted by Gasteiger charge is -2.08. The molecule has 158 valence electrons. The quantitative estimate of drug-likeness (QED) is 0.437. The van der Waals surface area contributed by atoms with E-state index >= 15 is 0 Å². The van der Waals surface area contributed by atoms with E-state index in [1.807, 2.05) is 43.5 Å². The Kier molecular flexibility index (Phi) is 6.08. The van der Waals surface area contributed by atoms with Crippen molar-refractivity contribution in [3.8, 4) is 23.1 Å². The number of hydrogen-bond donors (Lipinski definition) is 1. The summed E-state index contributed by atoms with van der Waals surface area (Å²) in [6.45, 7) is 3.77. The Hall–Kier alpha value is -3.52. The third kappa shape index (κ3) is 5.16. The molecule has 31 heavy (non-hydrogen) atoms. The molecule has 0 radical (unpaired) electrons. The maximum Gasteiger partial charge on any atom is 0.336 e. The molecule has 0 aliphatic rings. The van der Waals surface area contributed by atoms with E-state index in [0.29, 0.717) is 29.2 Å². The minimum absolute atomic E-state index is 0.0796. The Balaban J connectivity index is 1.59. The van der Waals surface area contributed by atoms with Crippen LogP contribution in [0.1, 0.15) is 18.7 Å². The zero-order chi connectivity index (χ0) is 21.8. The number of nitrogens with zero attached hydrogens (tertiary/aromatic N) is 3. The van der Waals surface area contributed by atoms with E-state index in [9.17, 15) is 9.18 Å². The van der Waals surface area contributed by atoms with Gasteiger partial charge < -0.3 is 10.1 Å². The number of thiophene rings is 1. The average molecular weight is 437 g/mol. The fourth-order valence-corrected chi connectivity index (χ4v) is 3.71. The number of carbonyl (C=O) groups excluding carboxylic acids is 1. The molecule has 0 unspecified atom stereocenters. The van der Waals surface area contributed by atoms with Crippen molar-refractivity contribution in [2.75, 3.05) is 5.32 Å². The van der Waals surface area contributed by atoms with Gasteiger partial charge in [-0.25, -0.2) is 9.07 Å². The smallest absolute Gasteiger partial charge is 0.336 e. The van der Waals surface area contributed by atoms with Crippen molar-refractivity contribution >= 4 is 22.9 Å². The number of anilines is 1. The first-order chi connectivity index (χ1) is 15.0. The van der Waals surface area contributed by atoms with Crippen LogP contribution in [0.5, 0.6) is 6.01 Å². The van der Waals surface area contributed by atoms with E-state index in [4.69, 9.17) is 4.74 Å². The Morgan fingerprint density at radius 3 is 2.65 bits per heavy atom. The van der Waals surface area contributed by atoms with Gasteiger partial charge >= 0.3 is 6.01 Å². The van der Waals surface area contributed by atoms with Crippen molar-refractivity contribution in [3.05, 3.63) is 76.7 Å². The largest absolute Gasteiger partial charge is 0.460 e. The lowest BCUT2D eigenvalue weighted by Crippen LogP contribution is -2.13. The first kappa shape index (κ1) is 20.7. The van der Waals surface area contributed by atoms with E-state index in [1.54, 1.807) is 40.3 Å². The van der Waals surface area contributed by atoms with E-state index in [2.05, 4.69) is 15.4 Å². The molecule has 1 N–H and O–H groups in total. The van der Waals surface area contributed by atoms with Crippen molar-refractivity contribution in [3.63, 3.8) is 0 Å². The predicted octanol–water partition coefficient (Wildman–Crippen LogP) is 5.10. The van der Waals surface area contributed by atoms with Crippen LogP contribution in [0.3, 0.4) is 0 Å². The zero-order valence-electron chi connectivity index (χ0n) is 17.1. The number of amides is 1. The van der Waals surface area contributed by atoms with Gasteiger partial charge in [-0.3, -0.25) is 4.79 Å². The minimum atomic E-state index is -0.359. The summed E-state index contributed by atoms with van der Waals surface area (Å²) in [6, 6.07) is 17.5. The molecule has 0 fully saturated rings. The van der Waals surface area contributed by atoms with Gasteiger partial charge in [-0.15, -0.1) is 16.4 Å². The van der Waals surface area contributed by atoms with Crippen LogP contribution in [0.25, 0.3) is 17.1 Å². The monoisotopic (exact) mass is 436 g/mol. The number of hydrogen-bond acceptors (Lipinski definition) is 5. The molecule has 0 saturated carbocycles. The molecule has 4 aromatic rings. The fraction of sp³-hybridized carbons (Fsp3) is 0.174. The predicted molar refractivity (Wildman–Crippen MR) is 119 cm³/mol. The van der Waals surface area contributed by atoms with Gasteiger partial charge in [-0.05, 0) is 61.7 Å². The normalized spacial score (nSPS) is 11.0. The molecular weight excluding hydrogens is 415 g/mol. The fourth-order valence-electron chi connectivity index (χ4n) is 3.01. The number of halogens is 1. The van der Waals surface area contributed by atoms with Gasteiger partial charge in [0.05, 0.1) is 18.2 Å². The van der Waals surface area contributed by atoms with Gasteiger partial charge in [-0.1, -0.05) is 18.2 Å². The number of ether oxygens (including phenoxy) is 1. The van der Waals surface area contributed by atoms with Crippen LogP contribution in [-0.2, 0) is 11.2 Å². The third-order valence-electron chi connectivity index (χ3n) is 4.32. The van der Waals surface area contributed by atoms with Crippen LogP contribution in [0, 0.1) is 5.82 Å².